The Bertz CT molecular complexity index is 1140. The van der Waals surface area contributed by atoms with Gasteiger partial charge in [0.25, 0.3) is 0 Å². The molecule has 1 atom stereocenters. The van der Waals surface area contributed by atoms with Gasteiger partial charge in [-0.3, -0.25) is 4.79 Å². The van der Waals surface area contributed by atoms with E-state index in [1.54, 1.807) is 4.90 Å². The average molecular weight is 478 g/mol. The van der Waals surface area contributed by atoms with E-state index < -0.39 is 5.92 Å². The lowest BCUT2D eigenvalue weighted by atomic mass is 9.76. The van der Waals surface area contributed by atoms with Gasteiger partial charge in [0.15, 0.2) is 5.78 Å². The van der Waals surface area contributed by atoms with Gasteiger partial charge in [0.1, 0.15) is 18.2 Å². The predicted molar refractivity (Wildman–Crippen MR) is 123 cm³/mol. The van der Waals surface area contributed by atoms with E-state index in [1.807, 2.05) is 37.4 Å². The Hall–Kier alpha value is -3.04. The van der Waals surface area contributed by atoms with Crippen molar-refractivity contribution in [3.05, 3.63) is 86.3 Å². The van der Waals surface area contributed by atoms with Gasteiger partial charge < -0.3 is 15.4 Å². The third-order valence-electron chi connectivity index (χ3n) is 5.97. The smallest absolute Gasteiger partial charge is 0.161 e. The van der Waals surface area contributed by atoms with Crippen molar-refractivity contribution in [1.82, 2.24) is 4.90 Å². The minimum Gasteiger partial charge on any atom is -0.488 e. The Kier molecular flexibility index (Phi) is 5.88. The zero-order valence-electron chi connectivity index (χ0n) is 17.6. The van der Waals surface area contributed by atoms with Crippen LogP contribution in [0.15, 0.2) is 69.6 Å². The molecule has 2 aliphatic rings. The molecule has 0 radical (unpaired) electrons. The standard InChI is InChI=1S/C25H24BrN3O2/c1-15-6-8-16(9-7-15)14-31-22-11-10-17(12-19(22)26)23-18(13-27)25(28)29(2)20-4-3-5-21(30)24(20)23/h6-12,23H,3-5,14,28H2,1-2H3/t23-/m1/s1. The topological polar surface area (TPSA) is 79.3 Å². The first-order valence-electron chi connectivity index (χ1n) is 10.3. The van der Waals surface area contributed by atoms with Gasteiger partial charge in [-0.05, 0) is 59.0 Å². The Morgan fingerprint density at radius 1 is 1.23 bits per heavy atom. The van der Waals surface area contributed by atoms with Crippen LogP contribution in [0.1, 0.15) is 41.9 Å². The van der Waals surface area contributed by atoms with E-state index in [-0.39, 0.29) is 5.78 Å². The second-order valence-electron chi connectivity index (χ2n) is 8.00. The highest BCUT2D eigenvalue weighted by molar-refractivity contribution is 9.10. The lowest BCUT2D eigenvalue weighted by Crippen LogP contribution is -2.36. The number of nitrogens with two attached hydrogens (primary N) is 1. The number of benzene rings is 2. The SMILES string of the molecule is Cc1ccc(COc2ccc([C@@H]3C(C#N)=C(N)N(C)C4=C3C(=O)CCC4)cc2Br)cc1. The molecular formula is C25H24BrN3O2. The Balaban J connectivity index is 1.67. The molecule has 1 heterocycles. The number of ketones is 1. The molecule has 0 fully saturated rings. The van der Waals surface area contributed by atoms with E-state index in [2.05, 4.69) is 41.1 Å². The molecule has 0 unspecified atom stereocenters. The van der Waals surface area contributed by atoms with Gasteiger partial charge in [0.05, 0.1) is 22.0 Å². The molecule has 1 aliphatic heterocycles. The summed E-state index contributed by atoms with van der Waals surface area (Å²) in [6.07, 6.45) is 2.09. The fraction of sp³-hybridized carbons (Fsp3) is 0.280. The number of allylic oxidation sites excluding steroid dienone is 3. The van der Waals surface area contributed by atoms with Crippen LogP contribution in [-0.2, 0) is 11.4 Å². The molecule has 0 amide bonds. The molecule has 4 rings (SSSR count). The van der Waals surface area contributed by atoms with E-state index in [4.69, 9.17) is 10.5 Å². The number of carbonyl (C=O) groups excluding carboxylic acids is 1. The van der Waals surface area contributed by atoms with Crippen molar-refractivity contribution in [2.24, 2.45) is 5.73 Å². The van der Waals surface area contributed by atoms with Gasteiger partial charge in [-0.2, -0.15) is 5.26 Å². The summed E-state index contributed by atoms with van der Waals surface area (Å²) in [6, 6.07) is 16.2. The number of rotatable bonds is 4. The van der Waals surface area contributed by atoms with Crippen molar-refractivity contribution in [3.8, 4) is 11.8 Å². The molecule has 0 saturated heterocycles. The van der Waals surface area contributed by atoms with Crippen LogP contribution in [0.4, 0.5) is 0 Å². The molecule has 5 nitrogen and oxygen atoms in total. The van der Waals surface area contributed by atoms with Crippen molar-refractivity contribution in [2.45, 2.75) is 38.7 Å². The lowest BCUT2D eigenvalue weighted by Gasteiger charge is -2.37. The number of nitriles is 1. The maximum absolute atomic E-state index is 12.9. The first-order valence-corrected chi connectivity index (χ1v) is 11.1. The number of hydrogen-bond acceptors (Lipinski definition) is 5. The van der Waals surface area contributed by atoms with Crippen LogP contribution < -0.4 is 10.5 Å². The second kappa shape index (κ2) is 8.60. The van der Waals surface area contributed by atoms with Crippen LogP contribution in [-0.4, -0.2) is 17.7 Å². The van der Waals surface area contributed by atoms with Gasteiger partial charge in [0.2, 0.25) is 0 Å². The van der Waals surface area contributed by atoms with Crippen molar-refractivity contribution < 1.29 is 9.53 Å². The number of ether oxygens (including phenoxy) is 1. The highest BCUT2D eigenvalue weighted by atomic mass is 79.9. The first-order chi connectivity index (χ1) is 14.9. The van der Waals surface area contributed by atoms with E-state index in [1.165, 1.54) is 5.56 Å². The lowest BCUT2D eigenvalue weighted by molar-refractivity contribution is -0.116. The first kappa shape index (κ1) is 21.2. The molecule has 158 valence electrons. The van der Waals surface area contributed by atoms with Crippen LogP contribution >= 0.6 is 15.9 Å². The van der Waals surface area contributed by atoms with Crippen LogP contribution in [0, 0.1) is 18.3 Å². The Morgan fingerprint density at radius 3 is 2.65 bits per heavy atom. The molecule has 6 heteroatoms. The van der Waals surface area contributed by atoms with Crippen LogP contribution in [0.3, 0.4) is 0 Å². The molecule has 2 N–H and O–H groups in total. The molecule has 0 aromatic heterocycles. The van der Waals surface area contributed by atoms with E-state index >= 15 is 0 Å². The average Bonchev–Trinajstić information content (AvgIpc) is 2.76. The predicted octanol–water partition coefficient (Wildman–Crippen LogP) is 5.07. The number of aryl methyl sites for hydroxylation is 1. The van der Waals surface area contributed by atoms with Gasteiger partial charge in [-0.1, -0.05) is 35.9 Å². The number of halogens is 1. The van der Waals surface area contributed by atoms with Gasteiger partial charge in [-0.25, -0.2) is 0 Å². The van der Waals surface area contributed by atoms with Crippen molar-refractivity contribution >= 4 is 21.7 Å². The Morgan fingerprint density at radius 2 is 1.97 bits per heavy atom. The summed E-state index contributed by atoms with van der Waals surface area (Å²) in [5, 5.41) is 9.86. The minimum absolute atomic E-state index is 0.0918. The minimum atomic E-state index is -0.452. The molecule has 31 heavy (non-hydrogen) atoms. The second-order valence-corrected chi connectivity index (χ2v) is 8.86. The summed E-state index contributed by atoms with van der Waals surface area (Å²) in [6.45, 7) is 2.51. The van der Waals surface area contributed by atoms with E-state index in [9.17, 15) is 10.1 Å². The summed E-state index contributed by atoms with van der Waals surface area (Å²) in [4.78, 5) is 14.7. The molecule has 1 aliphatic carbocycles. The molecule has 0 bridgehead atoms. The quantitative estimate of drug-likeness (QED) is 0.664. The summed E-state index contributed by atoms with van der Waals surface area (Å²) >= 11 is 3.60. The Labute approximate surface area is 190 Å². The summed E-state index contributed by atoms with van der Waals surface area (Å²) in [7, 11) is 1.83. The molecular weight excluding hydrogens is 454 g/mol. The highest BCUT2D eigenvalue weighted by Gasteiger charge is 2.38. The van der Waals surface area contributed by atoms with E-state index in [0.717, 1.165) is 34.1 Å². The maximum atomic E-state index is 12.9. The van der Waals surface area contributed by atoms with Crippen LogP contribution in [0.25, 0.3) is 0 Å². The largest absolute Gasteiger partial charge is 0.488 e. The van der Waals surface area contributed by atoms with Crippen molar-refractivity contribution in [2.75, 3.05) is 7.05 Å². The van der Waals surface area contributed by atoms with E-state index in [0.29, 0.717) is 35.7 Å². The molecule has 0 saturated carbocycles. The fourth-order valence-corrected chi connectivity index (χ4v) is 4.77. The molecule has 2 aromatic carbocycles. The maximum Gasteiger partial charge on any atom is 0.161 e. The van der Waals surface area contributed by atoms with Gasteiger partial charge >= 0.3 is 0 Å². The van der Waals surface area contributed by atoms with Crippen LogP contribution in [0.5, 0.6) is 5.75 Å². The van der Waals surface area contributed by atoms with Crippen molar-refractivity contribution in [3.63, 3.8) is 0 Å². The zero-order chi connectivity index (χ0) is 22.1. The number of hydrogen-bond donors (Lipinski definition) is 1. The monoisotopic (exact) mass is 477 g/mol. The normalized spacial score (nSPS) is 18.7. The third kappa shape index (κ3) is 3.98. The van der Waals surface area contributed by atoms with Gasteiger partial charge in [0, 0.05) is 24.7 Å². The van der Waals surface area contributed by atoms with Gasteiger partial charge in [-0.15, -0.1) is 0 Å². The van der Waals surface area contributed by atoms with Crippen LogP contribution in [0.2, 0.25) is 0 Å². The summed E-state index contributed by atoms with van der Waals surface area (Å²) in [5.41, 5.74) is 11.5. The number of nitrogens with zero attached hydrogens (tertiary/aromatic N) is 2. The number of Topliss-reactive ketones (excluding diaryl/α,β-unsaturated/α-hetero) is 1. The molecule has 2 aromatic rings. The number of carbonyl (C=O) groups is 1. The third-order valence-corrected chi connectivity index (χ3v) is 6.59. The fourth-order valence-electron chi connectivity index (χ4n) is 4.26. The molecule has 0 spiro atoms. The summed E-state index contributed by atoms with van der Waals surface area (Å²) in [5.74, 6) is 0.759. The highest BCUT2D eigenvalue weighted by Crippen LogP contribution is 2.45. The summed E-state index contributed by atoms with van der Waals surface area (Å²) < 4.78 is 6.76. The zero-order valence-corrected chi connectivity index (χ0v) is 19.2. The van der Waals surface area contributed by atoms with Crippen molar-refractivity contribution in [1.29, 1.82) is 5.26 Å².